The normalized spacial score (nSPS) is 15.0. The van der Waals surface area contributed by atoms with E-state index in [-0.39, 0.29) is 0 Å². The third-order valence-electron chi connectivity index (χ3n) is 13.3. The molecule has 0 amide bonds. The highest BCUT2D eigenvalue weighted by molar-refractivity contribution is 6.29. The second kappa shape index (κ2) is 16.8. The molecule has 9 aromatic carbocycles. The number of fused-ring (bicyclic) bond motifs is 9. The topological polar surface area (TPSA) is 0 Å². The molecule has 0 bridgehead atoms. The first-order chi connectivity index (χ1) is 31.5. The van der Waals surface area contributed by atoms with Crippen molar-refractivity contribution in [2.45, 2.75) is 26.2 Å². The van der Waals surface area contributed by atoms with E-state index < -0.39 is 5.41 Å². The third kappa shape index (κ3) is 6.54. The van der Waals surface area contributed by atoms with Crippen molar-refractivity contribution in [2.75, 3.05) is 0 Å². The Morgan fingerprint density at radius 2 is 1.08 bits per heavy atom. The van der Waals surface area contributed by atoms with Crippen LogP contribution < -0.4 is 0 Å². The fourth-order valence-corrected chi connectivity index (χ4v) is 10.4. The van der Waals surface area contributed by atoms with Gasteiger partial charge in [-0.2, -0.15) is 0 Å². The smallest absolute Gasteiger partial charge is 0.0710 e. The minimum absolute atomic E-state index is 0.432. The van der Waals surface area contributed by atoms with Gasteiger partial charge in [-0.15, -0.1) is 0 Å². The SMILES string of the molecule is C=C/C=C(\C=C/C)c1ccc(C(=C)c2cccc(-c3ccc4c(c3)c3ccccc3c3cccc(-c5ccc6c(c5)-c5ccccc5C6(C(/C=C\C)=C/C)c5ccccc5)c34)c2)cc1. The van der Waals surface area contributed by atoms with Crippen LogP contribution in [0.5, 0.6) is 0 Å². The molecule has 0 aliphatic heterocycles. The van der Waals surface area contributed by atoms with Gasteiger partial charge in [0.15, 0.2) is 0 Å². The zero-order valence-corrected chi connectivity index (χ0v) is 36.8. The van der Waals surface area contributed by atoms with Gasteiger partial charge in [0.05, 0.1) is 5.41 Å². The van der Waals surface area contributed by atoms with Gasteiger partial charge in [0.2, 0.25) is 0 Å². The van der Waals surface area contributed by atoms with Gasteiger partial charge in [0.25, 0.3) is 0 Å². The summed E-state index contributed by atoms with van der Waals surface area (Å²) < 4.78 is 0. The molecule has 0 N–H and O–H groups in total. The van der Waals surface area contributed by atoms with E-state index in [4.69, 9.17) is 0 Å². The van der Waals surface area contributed by atoms with Gasteiger partial charge in [0.1, 0.15) is 0 Å². The van der Waals surface area contributed by atoms with E-state index >= 15 is 0 Å². The third-order valence-corrected chi connectivity index (χ3v) is 13.3. The zero-order chi connectivity index (χ0) is 43.8. The Morgan fingerprint density at radius 3 is 1.84 bits per heavy atom. The Hall–Kier alpha value is -7.80. The van der Waals surface area contributed by atoms with Crippen molar-refractivity contribution in [3.63, 3.8) is 0 Å². The summed E-state index contributed by atoms with van der Waals surface area (Å²) in [5.74, 6) is 0. The minimum atomic E-state index is -0.432. The van der Waals surface area contributed by atoms with Crippen LogP contribution in [0.15, 0.2) is 243 Å². The monoisotopic (exact) mass is 818 g/mol. The summed E-state index contributed by atoms with van der Waals surface area (Å²) >= 11 is 0. The molecule has 0 saturated carbocycles. The first-order valence-corrected chi connectivity index (χ1v) is 22.3. The van der Waals surface area contributed by atoms with Gasteiger partial charge < -0.3 is 0 Å². The van der Waals surface area contributed by atoms with E-state index in [1.165, 1.54) is 82.4 Å². The van der Waals surface area contributed by atoms with Crippen LogP contribution in [0.2, 0.25) is 0 Å². The zero-order valence-electron chi connectivity index (χ0n) is 36.8. The Balaban J connectivity index is 1.11. The average molecular weight is 819 g/mol. The first-order valence-electron chi connectivity index (χ1n) is 22.3. The van der Waals surface area contributed by atoms with E-state index in [2.05, 4.69) is 239 Å². The number of allylic oxidation sites excluding steroid dienone is 9. The van der Waals surface area contributed by atoms with Crippen LogP contribution in [0.25, 0.3) is 76.8 Å². The predicted octanol–water partition coefficient (Wildman–Crippen LogP) is 17.5. The van der Waals surface area contributed by atoms with E-state index in [0.29, 0.717) is 0 Å². The summed E-state index contributed by atoms with van der Waals surface area (Å²) in [6.45, 7) is 14.8. The lowest BCUT2D eigenvalue weighted by atomic mass is 9.67. The van der Waals surface area contributed by atoms with Gasteiger partial charge in [-0.25, -0.2) is 0 Å². The molecule has 0 nitrogen and oxygen atoms in total. The Bertz CT molecular complexity index is 3420. The number of benzene rings is 9. The molecular formula is C64H50. The minimum Gasteiger partial charge on any atom is -0.0990 e. The van der Waals surface area contributed by atoms with Gasteiger partial charge in [-0.05, 0) is 155 Å². The molecule has 0 heterocycles. The largest absolute Gasteiger partial charge is 0.0990 e. The maximum absolute atomic E-state index is 4.57. The van der Waals surface area contributed by atoms with Crippen LogP contribution in [0.1, 0.15) is 54.2 Å². The van der Waals surface area contributed by atoms with Crippen molar-refractivity contribution in [3.8, 4) is 33.4 Å². The molecule has 0 aromatic heterocycles. The lowest BCUT2D eigenvalue weighted by Crippen LogP contribution is -2.29. The van der Waals surface area contributed by atoms with Gasteiger partial charge >= 0.3 is 0 Å². The second-order valence-corrected chi connectivity index (χ2v) is 16.7. The molecular weight excluding hydrogens is 769 g/mol. The van der Waals surface area contributed by atoms with Crippen LogP contribution in [-0.2, 0) is 5.41 Å². The Kier molecular flexibility index (Phi) is 10.6. The van der Waals surface area contributed by atoms with Crippen molar-refractivity contribution < 1.29 is 0 Å². The van der Waals surface area contributed by atoms with Gasteiger partial charge in [-0.1, -0.05) is 219 Å². The molecule has 0 fully saturated rings. The maximum Gasteiger partial charge on any atom is 0.0710 e. The standard InChI is InChI=1S/C64H50/c1-6-19-45(20-7-2)46-34-32-44(33-35-46)43(5)47-22-17-23-48(40-47)49-36-38-58-59(41-49)55-27-14-13-26-54(55)57-30-18-29-53(63(57)58)50-37-39-62-60(42-50)56-28-15-16-31-61(56)64(62,51(9-4)21-8-3)52-24-11-10-12-25-52/h6-42H,1,5H2,2-4H3/b20-7-,21-8-,45-19+,51-9+. The second-order valence-electron chi connectivity index (χ2n) is 16.7. The van der Waals surface area contributed by atoms with Crippen LogP contribution in [0.3, 0.4) is 0 Å². The number of rotatable bonds is 10. The summed E-state index contributed by atoms with van der Waals surface area (Å²) in [6.07, 6.45) is 14.8. The van der Waals surface area contributed by atoms with Crippen LogP contribution >= 0.6 is 0 Å². The van der Waals surface area contributed by atoms with Crippen molar-refractivity contribution in [1.29, 1.82) is 0 Å². The van der Waals surface area contributed by atoms with E-state index in [1.807, 2.05) is 19.1 Å². The first kappa shape index (κ1) is 40.3. The lowest BCUT2D eigenvalue weighted by Gasteiger charge is -2.34. The lowest BCUT2D eigenvalue weighted by molar-refractivity contribution is 0.765. The highest BCUT2D eigenvalue weighted by atomic mass is 14.5. The Morgan fingerprint density at radius 1 is 0.453 bits per heavy atom. The summed E-state index contributed by atoms with van der Waals surface area (Å²) in [5, 5.41) is 7.55. The van der Waals surface area contributed by atoms with E-state index in [9.17, 15) is 0 Å². The molecule has 1 unspecified atom stereocenters. The van der Waals surface area contributed by atoms with E-state index in [0.717, 1.165) is 33.4 Å². The molecule has 64 heavy (non-hydrogen) atoms. The van der Waals surface area contributed by atoms with Crippen molar-refractivity contribution in [3.05, 3.63) is 277 Å². The molecule has 0 radical (unpaired) electrons. The van der Waals surface area contributed by atoms with Gasteiger partial charge in [0, 0.05) is 0 Å². The molecule has 10 rings (SSSR count). The summed E-state index contributed by atoms with van der Waals surface area (Å²) in [5.41, 5.74) is 17.6. The van der Waals surface area contributed by atoms with Gasteiger partial charge in [-0.3, -0.25) is 0 Å². The Labute approximate surface area is 377 Å². The molecule has 0 spiro atoms. The molecule has 1 aliphatic rings. The molecule has 0 saturated heterocycles. The summed E-state index contributed by atoms with van der Waals surface area (Å²) in [6, 6.07) is 67.5. The highest BCUT2D eigenvalue weighted by Gasteiger charge is 2.46. The van der Waals surface area contributed by atoms with Crippen LogP contribution in [0, 0.1) is 0 Å². The summed E-state index contributed by atoms with van der Waals surface area (Å²) in [7, 11) is 0. The number of hydrogen-bond donors (Lipinski definition) is 0. The fourth-order valence-electron chi connectivity index (χ4n) is 10.4. The summed E-state index contributed by atoms with van der Waals surface area (Å²) in [4.78, 5) is 0. The van der Waals surface area contributed by atoms with Crippen molar-refractivity contribution >= 4 is 43.5 Å². The molecule has 0 heteroatoms. The fraction of sp³-hybridized carbons (Fsp3) is 0.0625. The molecule has 1 aliphatic carbocycles. The quantitative estimate of drug-likeness (QED) is 0.0952. The molecule has 9 aromatic rings. The predicted molar refractivity (Wildman–Crippen MR) is 278 cm³/mol. The highest BCUT2D eigenvalue weighted by Crippen LogP contribution is 2.57. The maximum atomic E-state index is 4.57. The molecule has 306 valence electrons. The van der Waals surface area contributed by atoms with Crippen LogP contribution in [0.4, 0.5) is 0 Å². The van der Waals surface area contributed by atoms with Crippen molar-refractivity contribution in [1.82, 2.24) is 0 Å². The molecule has 1 atom stereocenters. The van der Waals surface area contributed by atoms with E-state index in [1.54, 1.807) is 0 Å². The van der Waals surface area contributed by atoms with Crippen molar-refractivity contribution in [2.24, 2.45) is 0 Å². The van der Waals surface area contributed by atoms with Crippen LogP contribution in [-0.4, -0.2) is 0 Å². The number of hydrogen-bond acceptors (Lipinski definition) is 0. The average Bonchev–Trinajstić information content (AvgIpc) is 3.65.